The average molecular weight is 203 g/mol. The summed E-state index contributed by atoms with van der Waals surface area (Å²) in [6.45, 7) is 0. The van der Waals surface area contributed by atoms with Gasteiger partial charge in [0.15, 0.2) is 5.01 Å². The number of benzene rings is 1. The molecular formula is C11H6FNS. The molecule has 2 rings (SSSR count). The Hall–Kier alpha value is -1.66. The Kier molecular flexibility index (Phi) is 2.57. The number of rotatable bonds is 0. The van der Waals surface area contributed by atoms with E-state index in [0.29, 0.717) is 0 Å². The van der Waals surface area contributed by atoms with Crippen molar-refractivity contribution in [3.8, 4) is 11.8 Å². The first-order valence-corrected chi connectivity index (χ1v) is 4.89. The summed E-state index contributed by atoms with van der Waals surface area (Å²) in [5, 5.41) is 2.64. The molecule has 1 heterocycles. The van der Waals surface area contributed by atoms with E-state index in [1.54, 1.807) is 18.3 Å². The third-order valence-corrected chi connectivity index (χ3v) is 2.28. The summed E-state index contributed by atoms with van der Waals surface area (Å²) in [7, 11) is 0. The monoisotopic (exact) mass is 203 g/mol. The molecule has 3 heteroatoms. The zero-order chi connectivity index (χ0) is 9.80. The van der Waals surface area contributed by atoms with Gasteiger partial charge in [0.05, 0.1) is 0 Å². The Morgan fingerprint density at radius 3 is 2.57 bits per heavy atom. The van der Waals surface area contributed by atoms with Gasteiger partial charge in [0.2, 0.25) is 0 Å². The van der Waals surface area contributed by atoms with Gasteiger partial charge in [0, 0.05) is 17.1 Å². The molecule has 0 spiro atoms. The van der Waals surface area contributed by atoms with Crippen LogP contribution in [0.15, 0.2) is 35.8 Å². The molecule has 14 heavy (non-hydrogen) atoms. The molecule has 1 nitrogen and oxygen atoms in total. The first-order chi connectivity index (χ1) is 6.84. The molecule has 0 saturated heterocycles. The molecule has 0 aliphatic rings. The van der Waals surface area contributed by atoms with Crippen LogP contribution in [0.5, 0.6) is 0 Å². The largest absolute Gasteiger partial charge is 0.236 e. The van der Waals surface area contributed by atoms with Crippen molar-refractivity contribution in [1.82, 2.24) is 4.98 Å². The van der Waals surface area contributed by atoms with Gasteiger partial charge in [-0.15, -0.1) is 11.3 Å². The van der Waals surface area contributed by atoms with Crippen molar-refractivity contribution >= 4 is 11.3 Å². The molecule has 68 valence electrons. The van der Waals surface area contributed by atoms with Crippen LogP contribution in [0.25, 0.3) is 0 Å². The molecular weight excluding hydrogens is 197 g/mol. The molecule has 0 atom stereocenters. The molecule has 0 aliphatic carbocycles. The molecule has 0 bridgehead atoms. The molecule has 0 radical (unpaired) electrons. The fraction of sp³-hybridized carbons (Fsp3) is 0. The van der Waals surface area contributed by atoms with Gasteiger partial charge in [-0.2, -0.15) is 0 Å². The van der Waals surface area contributed by atoms with Gasteiger partial charge < -0.3 is 0 Å². The lowest BCUT2D eigenvalue weighted by atomic mass is 10.2. The highest BCUT2D eigenvalue weighted by molar-refractivity contribution is 7.10. The number of nitrogens with zero attached hydrogens (tertiary/aromatic N) is 1. The summed E-state index contributed by atoms with van der Waals surface area (Å²) in [6, 6.07) is 6.09. The van der Waals surface area contributed by atoms with E-state index in [-0.39, 0.29) is 5.82 Å². The van der Waals surface area contributed by atoms with Crippen LogP contribution in [0.3, 0.4) is 0 Å². The van der Waals surface area contributed by atoms with Crippen LogP contribution in [-0.4, -0.2) is 4.98 Å². The van der Waals surface area contributed by atoms with Crippen LogP contribution >= 0.6 is 11.3 Å². The quantitative estimate of drug-likeness (QED) is 0.600. The smallest absolute Gasteiger partial charge is 0.167 e. The molecule has 2 aromatic rings. The van der Waals surface area contributed by atoms with Gasteiger partial charge in [-0.05, 0) is 30.2 Å². The summed E-state index contributed by atoms with van der Waals surface area (Å²) in [5.74, 6) is 5.56. The van der Waals surface area contributed by atoms with Crippen molar-refractivity contribution < 1.29 is 4.39 Å². The minimum absolute atomic E-state index is 0.246. The van der Waals surface area contributed by atoms with E-state index in [2.05, 4.69) is 16.8 Å². The number of halogens is 1. The third-order valence-electron chi connectivity index (χ3n) is 1.59. The molecule has 0 N–H and O–H groups in total. The topological polar surface area (TPSA) is 12.9 Å². The normalized spacial score (nSPS) is 9.21. The Morgan fingerprint density at radius 2 is 1.93 bits per heavy atom. The lowest BCUT2D eigenvalue weighted by molar-refractivity contribution is 0.627. The van der Waals surface area contributed by atoms with Crippen LogP contribution in [-0.2, 0) is 0 Å². The Labute approximate surface area is 85.2 Å². The molecule has 1 aromatic carbocycles. The van der Waals surface area contributed by atoms with E-state index in [1.165, 1.54) is 23.5 Å². The summed E-state index contributed by atoms with van der Waals surface area (Å²) < 4.78 is 12.5. The average Bonchev–Trinajstić information content (AvgIpc) is 2.70. The number of thiazole rings is 1. The molecule has 1 aromatic heterocycles. The molecule has 0 amide bonds. The van der Waals surface area contributed by atoms with Crippen molar-refractivity contribution in [2.45, 2.75) is 0 Å². The van der Waals surface area contributed by atoms with Gasteiger partial charge in [0.1, 0.15) is 5.82 Å². The van der Waals surface area contributed by atoms with Crippen molar-refractivity contribution in [1.29, 1.82) is 0 Å². The SMILES string of the molecule is Fc1ccc(C#Cc2nccs2)cc1. The summed E-state index contributed by atoms with van der Waals surface area (Å²) in [6.07, 6.45) is 1.71. The van der Waals surface area contributed by atoms with Gasteiger partial charge in [-0.25, -0.2) is 9.37 Å². The maximum Gasteiger partial charge on any atom is 0.167 e. The predicted molar refractivity (Wildman–Crippen MR) is 54.5 cm³/mol. The highest BCUT2D eigenvalue weighted by Crippen LogP contribution is 2.03. The molecule has 0 fully saturated rings. The second-order valence-electron chi connectivity index (χ2n) is 2.59. The lowest BCUT2D eigenvalue weighted by Gasteiger charge is -1.88. The zero-order valence-corrected chi connectivity index (χ0v) is 8.01. The second kappa shape index (κ2) is 4.03. The van der Waals surface area contributed by atoms with E-state index in [9.17, 15) is 4.39 Å². The Bertz CT molecular complexity index is 462. The van der Waals surface area contributed by atoms with Gasteiger partial charge in [-0.1, -0.05) is 5.92 Å². The van der Waals surface area contributed by atoms with Crippen LogP contribution in [0.2, 0.25) is 0 Å². The minimum atomic E-state index is -0.246. The van der Waals surface area contributed by atoms with Crippen LogP contribution in [0.1, 0.15) is 10.6 Å². The van der Waals surface area contributed by atoms with Crippen LogP contribution < -0.4 is 0 Å². The molecule has 0 unspecified atom stereocenters. The Balaban J connectivity index is 2.22. The first-order valence-electron chi connectivity index (χ1n) is 4.02. The number of aromatic nitrogens is 1. The van der Waals surface area contributed by atoms with E-state index < -0.39 is 0 Å². The zero-order valence-electron chi connectivity index (χ0n) is 7.20. The summed E-state index contributed by atoms with van der Waals surface area (Å²) in [4.78, 5) is 4.02. The summed E-state index contributed by atoms with van der Waals surface area (Å²) in [5.41, 5.74) is 0.793. The van der Waals surface area contributed by atoms with Gasteiger partial charge >= 0.3 is 0 Å². The number of hydrogen-bond donors (Lipinski definition) is 0. The van der Waals surface area contributed by atoms with Crippen LogP contribution in [0.4, 0.5) is 4.39 Å². The highest BCUT2D eigenvalue weighted by atomic mass is 32.1. The second-order valence-corrected chi connectivity index (χ2v) is 3.49. The number of hydrogen-bond acceptors (Lipinski definition) is 2. The fourth-order valence-corrected chi connectivity index (χ4v) is 1.43. The maximum atomic E-state index is 12.5. The van der Waals surface area contributed by atoms with Crippen molar-refractivity contribution in [3.05, 3.63) is 52.2 Å². The fourth-order valence-electron chi connectivity index (χ4n) is 0.944. The summed E-state index contributed by atoms with van der Waals surface area (Å²) >= 11 is 1.49. The third kappa shape index (κ3) is 2.18. The van der Waals surface area contributed by atoms with Crippen LogP contribution in [0, 0.1) is 17.7 Å². The van der Waals surface area contributed by atoms with E-state index in [0.717, 1.165) is 10.6 Å². The van der Waals surface area contributed by atoms with E-state index >= 15 is 0 Å². The molecule has 0 aliphatic heterocycles. The van der Waals surface area contributed by atoms with Crippen molar-refractivity contribution in [2.75, 3.05) is 0 Å². The highest BCUT2D eigenvalue weighted by Gasteiger charge is 1.89. The standard InChI is InChI=1S/C11H6FNS/c12-10-4-1-9(2-5-10)3-6-11-13-7-8-14-11/h1-2,4-5,7-8H. The van der Waals surface area contributed by atoms with Gasteiger partial charge in [0.25, 0.3) is 0 Å². The molecule has 0 saturated carbocycles. The Morgan fingerprint density at radius 1 is 1.14 bits per heavy atom. The van der Waals surface area contributed by atoms with E-state index in [4.69, 9.17) is 0 Å². The van der Waals surface area contributed by atoms with Gasteiger partial charge in [-0.3, -0.25) is 0 Å². The predicted octanol–water partition coefficient (Wildman–Crippen LogP) is 2.68. The first kappa shape index (κ1) is 8.92. The van der Waals surface area contributed by atoms with Crippen molar-refractivity contribution in [3.63, 3.8) is 0 Å². The lowest BCUT2D eigenvalue weighted by Crippen LogP contribution is -1.76. The van der Waals surface area contributed by atoms with E-state index in [1.807, 2.05) is 5.38 Å². The maximum absolute atomic E-state index is 12.5. The van der Waals surface area contributed by atoms with Crippen molar-refractivity contribution in [2.24, 2.45) is 0 Å². The minimum Gasteiger partial charge on any atom is -0.236 e.